The smallest absolute Gasteiger partial charge is 0.270 e. The molecule has 0 bridgehead atoms. The number of hydrogen-bond acceptors (Lipinski definition) is 6. The molecule has 190 valence electrons. The molecule has 2 aliphatic carbocycles. The molecule has 3 aliphatic rings. The molecular formula is C22H27ClF2N6O4. The lowest BCUT2D eigenvalue weighted by Gasteiger charge is -2.30. The number of alkyl halides is 2. The van der Waals surface area contributed by atoms with Gasteiger partial charge >= 0.3 is 0 Å². The van der Waals surface area contributed by atoms with E-state index < -0.39 is 47.6 Å². The Kier molecular flexibility index (Phi) is 6.52. The summed E-state index contributed by atoms with van der Waals surface area (Å²) >= 11 is 0. The number of piperidine rings is 1. The number of anilines is 1. The molecule has 2 saturated carbocycles. The lowest BCUT2D eigenvalue weighted by molar-refractivity contribution is -0.132. The molecule has 0 radical (unpaired) electrons. The van der Waals surface area contributed by atoms with Crippen molar-refractivity contribution in [3.63, 3.8) is 0 Å². The Labute approximate surface area is 205 Å². The summed E-state index contributed by atoms with van der Waals surface area (Å²) in [6.07, 6.45) is 5.27. The van der Waals surface area contributed by atoms with Crippen LogP contribution < -0.4 is 16.6 Å². The molecule has 1 aliphatic heterocycles. The number of rotatable bonds is 6. The van der Waals surface area contributed by atoms with Crippen molar-refractivity contribution in [1.29, 1.82) is 0 Å². The predicted molar refractivity (Wildman–Crippen MR) is 126 cm³/mol. The second kappa shape index (κ2) is 9.14. The van der Waals surface area contributed by atoms with E-state index in [0.29, 0.717) is 6.54 Å². The predicted octanol–water partition coefficient (Wildman–Crippen LogP) is 1.78. The molecule has 35 heavy (non-hydrogen) atoms. The Morgan fingerprint density at radius 1 is 1.20 bits per heavy atom. The van der Waals surface area contributed by atoms with Gasteiger partial charge in [0.15, 0.2) is 17.0 Å². The van der Waals surface area contributed by atoms with Gasteiger partial charge in [0.2, 0.25) is 11.8 Å². The molecule has 10 nitrogen and oxygen atoms in total. The molecule has 2 amide bonds. The molecule has 13 heteroatoms. The Hall–Kier alpha value is -3.15. The maximum absolute atomic E-state index is 13.4. The fourth-order valence-corrected chi connectivity index (χ4v) is 4.16. The lowest BCUT2D eigenvalue weighted by atomic mass is 10.1. The first-order valence-electron chi connectivity index (χ1n) is 11.4. The summed E-state index contributed by atoms with van der Waals surface area (Å²) in [6, 6.07) is -0.0131. The second-order valence-corrected chi connectivity index (χ2v) is 9.35. The number of carbonyl (C=O) groups excluding carboxylic acids is 2. The first-order valence-corrected chi connectivity index (χ1v) is 11.4. The summed E-state index contributed by atoms with van der Waals surface area (Å²) in [6.45, 7) is 0.188. The van der Waals surface area contributed by atoms with Crippen molar-refractivity contribution in [3.05, 3.63) is 27.6 Å². The van der Waals surface area contributed by atoms with Crippen LogP contribution in [0, 0.1) is 5.92 Å². The zero-order chi connectivity index (χ0) is 24.2. The summed E-state index contributed by atoms with van der Waals surface area (Å²) in [7, 11) is 0. The highest BCUT2D eigenvalue weighted by atomic mass is 35.5. The molecular weight excluding hydrogens is 486 g/mol. The van der Waals surface area contributed by atoms with E-state index in [1.807, 2.05) is 0 Å². The number of halogens is 3. The third-order valence-electron chi connectivity index (χ3n) is 6.54. The maximum Gasteiger partial charge on any atom is 0.270 e. The van der Waals surface area contributed by atoms with Crippen LogP contribution in [0.15, 0.2) is 10.9 Å². The molecule has 0 aromatic carbocycles. The van der Waals surface area contributed by atoms with Crippen LogP contribution in [0.3, 0.4) is 0 Å². The van der Waals surface area contributed by atoms with Crippen molar-refractivity contribution in [2.45, 2.75) is 57.0 Å². The number of aromatic nitrogens is 3. The maximum atomic E-state index is 13.4. The van der Waals surface area contributed by atoms with E-state index in [1.165, 1.54) is 21.6 Å². The highest BCUT2D eigenvalue weighted by molar-refractivity contribution is 5.97. The van der Waals surface area contributed by atoms with Crippen LogP contribution in [0.2, 0.25) is 0 Å². The van der Waals surface area contributed by atoms with Crippen LogP contribution in [0.5, 0.6) is 5.88 Å². The van der Waals surface area contributed by atoms with Crippen LogP contribution in [0.4, 0.5) is 14.6 Å². The fraction of sp³-hybridized carbons (Fsp3) is 0.545. The molecule has 2 aromatic heterocycles. The van der Waals surface area contributed by atoms with Crippen molar-refractivity contribution < 1.29 is 23.5 Å². The number of aromatic hydroxyl groups is 1. The van der Waals surface area contributed by atoms with Crippen molar-refractivity contribution in [2.75, 3.05) is 18.8 Å². The number of nitrogens with two attached hydrogens (primary N) is 1. The average molecular weight is 513 g/mol. The van der Waals surface area contributed by atoms with E-state index in [0.717, 1.165) is 30.2 Å². The topological polar surface area (TPSA) is 135 Å². The highest BCUT2D eigenvalue weighted by Gasteiger charge is 2.35. The van der Waals surface area contributed by atoms with Gasteiger partial charge in [-0.2, -0.15) is 4.52 Å². The number of hydrogen-bond donors (Lipinski definition) is 3. The van der Waals surface area contributed by atoms with Crippen molar-refractivity contribution in [3.8, 4) is 5.88 Å². The van der Waals surface area contributed by atoms with Crippen molar-refractivity contribution >= 4 is 41.8 Å². The summed E-state index contributed by atoms with van der Waals surface area (Å²) in [5, 5.41) is 17.6. The third-order valence-corrected chi connectivity index (χ3v) is 6.54. The summed E-state index contributed by atoms with van der Waals surface area (Å²) in [4.78, 5) is 39.9. The van der Waals surface area contributed by atoms with E-state index in [9.17, 15) is 28.3 Å². The van der Waals surface area contributed by atoms with Crippen LogP contribution in [0.25, 0.3) is 11.7 Å². The number of nitrogens with one attached hydrogen (secondary N) is 1. The molecule has 1 saturated heterocycles. The largest absolute Gasteiger partial charge is 0.492 e. The Balaban J connectivity index is 0.00000289. The van der Waals surface area contributed by atoms with E-state index in [1.54, 1.807) is 0 Å². The van der Waals surface area contributed by atoms with Crippen molar-refractivity contribution in [1.82, 2.24) is 24.4 Å². The number of likely N-dealkylation sites (tertiary alicyclic amines) is 1. The van der Waals surface area contributed by atoms with Gasteiger partial charge in [-0.05, 0) is 37.7 Å². The van der Waals surface area contributed by atoms with Gasteiger partial charge in [-0.3, -0.25) is 19.0 Å². The average Bonchev–Trinajstić information content (AvgIpc) is 3.70. The minimum absolute atomic E-state index is 0. The quantitative estimate of drug-likeness (QED) is 0.505. The molecule has 2 aromatic rings. The van der Waals surface area contributed by atoms with E-state index in [2.05, 4.69) is 10.4 Å². The Morgan fingerprint density at radius 2 is 1.86 bits per heavy atom. The van der Waals surface area contributed by atoms with Crippen LogP contribution in [-0.4, -0.2) is 61.1 Å². The summed E-state index contributed by atoms with van der Waals surface area (Å²) in [5.41, 5.74) is 5.42. The fourth-order valence-electron chi connectivity index (χ4n) is 4.16. The Bertz CT molecular complexity index is 1260. The van der Waals surface area contributed by atoms with Gasteiger partial charge in [-0.25, -0.2) is 8.78 Å². The summed E-state index contributed by atoms with van der Waals surface area (Å²) in [5.74, 6) is -4.33. The normalized spacial score (nSPS) is 19.7. The number of fused-ring (bicyclic) bond motifs is 1. The number of nitrogen functional groups attached to an aromatic ring is 1. The van der Waals surface area contributed by atoms with Gasteiger partial charge in [0.1, 0.15) is 0 Å². The summed E-state index contributed by atoms with van der Waals surface area (Å²) < 4.78 is 29.2. The van der Waals surface area contributed by atoms with E-state index >= 15 is 0 Å². The molecule has 4 N–H and O–H groups in total. The van der Waals surface area contributed by atoms with Crippen LogP contribution in [-0.2, 0) is 11.3 Å². The number of amides is 2. The number of nitrogens with zero attached hydrogens (tertiary/aromatic N) is 4. The van der Waals surface area contributed by atoms with Gasteiger partial charge in [-0.15, -0.1) is 17.5 Å². The van der Waals surface area contributed by atoms with Crippen LogP contribution in [0.1, 0.15) is 54.4 Å². The van der Waals surface area contributed by atoms with Gasteiger partial charge < -0.3 is 21.1 Å². The van der Waals surface area contributed by atoms with E-state index in [4.69, 9.17) is 5.73 Å². The molecule has 3 fully saturated rings. The van der Waals surface area contributed by atoms with Gasteiger partial charge in [0, 0.05) is 44.6 Å². The Morgan fingerprint density at radius 3 is 2.46 bits per heavy atom. The van der Waals surface area contributed by atoms with E-state index in [-0.39, 0.29) is 54.5 Å². The van der Waals surface area contributed by atoms with Gasteiger partial charge in [0.25, 0.3) is 17.4 Å². The zero-order valence-electron chi connectivity index (χ0n) is 18.9. The second-order valence-electron chi connectivity index (χ2n) is 9.35. The highest BCUT2D eigenvalue weighted by Crippen LogP contribution is 2.33. The molecule has 0 unspecified atom stereocenters. The number of carbonyl (C=O) groups is 2. The first kappa shape index (κ1) is 25.0. The van der Waals surface area contributed by atoms with Crippen LogP contribution >= 0.6 is 12.4 Å². The molecule has 5 rings (SSSR count). The minimum Gasteiger partial charge on any atom is -0.492 e. The first-order chi connectivity index (χ1) is 16.1. The molecule has 0 spiro atoms. The minimum atomic E-state index is -2.77. The zero-order valence-corrected chi connectivity index (χ0v) is 19.7. The molecule has 3 heterocycles. The standard InChI is InChI=1S/C22H26F2N6O4.ClH/c23-22(24)7-9-28(10-8-22)15(31)6-5-14-17(25)27-30-19(14)29(11-12-1-2-12)20(33)16(21(30)34)18(32)26-13-3-4-13;/h5-6,12-13,34H,1-4,7-11H2,(H2,25,27)(H,26,32);1H. The monoisotopic (exact) mass is 512 g/mol. The van der Waals surface area contributed by atoms with Gasteiger partial charge in [0.05, 0.1) is 5.56 Å². The SMILES string of the molecule is Cl.Nc1nn2c(O)c(C(=O)NC3CC3)c(=O)n(CC3CC3)c2c1C=CC(=O)N1CCC(F)(F)CC1. The van der Waals surface area contributed by atoms with Crippen molar-refractivity contribution in [2.24, 2.45) is 5.92 Å². The third kappa shape index (κ3) is 4.97. The van der Waals surface area contributed by atoms with Gasteiger partial charge in [-0.1, -0.05) is 0 Å². The molecule has 0 atom stereocenters. The lowest BCUT2D eigenvalue weighted by Crippen LogP contribution is -2.42.